The van der Waals surface area contributed by atoms with Gasteiger partial charge >= 0.3 is 0 Å². The second-order valence-electron chi connectivity index (χ2n) is 4.24. The minimum atomic E-state index is -3.26. The van der Waals surface area contributed by atoms with E-state index in [2.05, 4.69) is 0 Å². The van der Waals surface area contributed by atoms with E-state index in [0.29, 0.717) is 37.7 Å². The molecule has 0 spiro atoms. The van der Waals surface area contributed by atoms with Crippen LogP contribution in [0.25, 0.3) is 0 Å². The normalized spacial score (nSPS) is 17.3. The summed E-state index contributed by atoms with van der Waals surface area (Å²) >= 11 is 0. The lowest BCUT2D eigenvalue weighted by molar-refractivity contribution is 0.0729. The molecule has 1 aliphatic rings. The number of ether oxygens (including phenoxy) is 2. The second-order valence-corrected chi connectivity index (χ2v) is 6.33. The average molecular weight is 286 g/mol. The van der Waals surface area contributed by atoms with Crippen molar-refractivity contribution in [3.63, 3.8) is 0 Å². The Morgan fingerprint density at radius 1 is 1.21 bits per heavy atom. The second kappa shape index (κ2) is 6.23. The van der Waals surface area contributed by atoms with Crippen LogP contribution in [0.1, 0.15) is 0 Å². The highest BCUT2D eigenvalue weighted by Crippen LogP contribution is 2.13. The molecule has 2 N–H and O–H groups in total. The Hall–Kier alpha value is -1.31. The third kappa shape index (κ3) is 4.09. The minimum absolute atomic E-state index is 0.0304. The van der Waals surface area contributed by atoms with Crippen LogP contribution < -0.4 is 10.5 Å². The fraction of sp³-hybridized carbons (Fsp3) is 0.500. The summed E-state index contributed by atoms with van der Waals surface area (Å²) in [5.74, 6) is 0.587. The topological polar surface area (TPSA) is 81.9 Å². The van der Waals surface area contributed by atoms with Crippen molar-refractivity contribution < 1.29 is 17.9 Å². The molecule has 0 radical (unpaired) electrons. The molecule has 0 bridgehead atoms. The predicted molar refractivity (Wildman–Crippen MR) is 72.5 cm³/mol. The van der Waals surface area contributed by atoms with Gasteiger partial charge in [-0.2, -0.15) is 4.31 Å². The molecule has 1 aromatic rings. The molecular formula is C12H18N2O4S. The highest BCUT2D eigenvalue weighted by molar-refractivity contribution is 7.89. The van der Waals surface area contributed by atoms with Gasteiger partial charge < -0.3 is 15.2 Å². The number of nitrogens with two attached hydrogens (primary N) is 1. The Balaban J connectivity index is 1.82. The molecule has 106 valence electrons. The molecule has 7 heteroatoms. The number of anilines is 1. The lowest BCUT2D eigenvalue weighted by Gasteiger charge is -2.25. The van der Waals surface area contributed by atoms with Crippen LogP contribution in [-0.2, 0) is 14.8 Å². The van der Waals surface area contributed by atoms with Gasteiger partial charge in [0.05, 0.1) is 19.0 Å². The lowest BCUT2D eigenvalue weighted by atomic mass is 10.3. The molecule has 1 fully saturated rings. The first-order valence-electron chi connectivity index (χ1n) is 6.12. The number of sulfonamides is 1. The zero-order valence-corrected chi connectivity index (χ0v) is 11.4. The zero-order chi connectivity index (χ0) is 13.7. The van der Waals surface area contributed by atoms with Gasteiger partial charge in [-0.05, 0) is 24.3 Å². The van der Waals surface area contributed by atoms with Crippen molar-refractivity contribution in [2.75, 3.05) is 44.4 Å². The highest BCUT2D eigenvalue weighted by Gasteiger charge is 2.23. The van der Waals surface area contributed by atoms with E-state index in [1.165, 1.54) is 4.31 Å². The van der Waals surface area contributed by atoms with Gasteiger partial charge in [-0.15, -0.1) is 0 Å². The third-order valence-corrected chi connectivity index (χ3v) is 4.69. The quantitative estimate of drug-likeness (QED) is 0.788. The number of morpholine rings is 1. The number of nitrogens with zero attached hydrogens (tertiary/aromatic N) is 1. The van der Waals surface area contributed by atoms with E-state index in [1.54, 1.807) is 24.3 Å². The molecule has 19 heavy (non-hydrogen) atoms. The predicted octanol–water partition coefficient (Wildman–Crippen LogP) is 0.310. The van der Waals surface area contributed by atoms with E-state index in [-0.39, 0.29) is 12.4 Å². The number of benzene rings is 1. The molecule has 1 aromatic carbocycles. The van der Waals surface area contributed by atoms with Crippen LogP contribution in [0, 0.1) is 0 Å². The van der Waals surface area contributed by atoms with Crippen LogP contribution >= 0.6 is 0 Å². The summed E-state index contributed by atoms with van der Waals surface area (Å²) in [6, 6.07) is 6.87. The fourth-order valence-corrected chi connectivity index (χ4v) is 3.04. The first-order valence-corrected chi connectivity index (χ1v) is 7.73. The number of nitrogen functional groups attached to an aromatic ring is 1. The van der Waals surface area contributed by atoms with E-state index < -0.39 is 10.0 Å². The molecule has 1 heterocycles. The average Bonchev–Trinajstić information content (AvgIpc) is 2.42. The van der Waals surface area contributed by atoms with E-state index >= 15 is 0 Å². The van der Waals surface area contributed by atoms with Gasteiger partial charge in [0.25, 0.3) is 0 Å². The highest BCUT2D eigenvalue weighted by atomic mass is 32.2. The molecule has 0 aliphatic carbocycles. The molecule has 1 aliphatic heterocycles. The summed E-state index contributed by atoms with van der Waals surface area (Å²) in [6.07, 6.45) is 0. The van der Waals surface area contributed by atoms with Gasteiger partial charge in [-0.3, -0.25) is 0 Å². The zero-order valence-electron chi connectivity index (χ0n) is 10.6. The first kappa shape index (κ1) is 14.1. The van der Waals surface area contributed by atoms with Crippen LogP contribution in [0.5, 0.6) is 5.75 Å². The van der Waals surface area contributed by atoms with Gasteiger partial charge in [0, 0.05) is 18.8 Å². The van der Waals surface area contributed by atoms with Crippen molar-refractivity contribution in [1.29, 1.82) is 0 Å². The Morgan fingerprint density at radius 3 is 2.47 bits per heavy atom. The maximum Gasteiger partial charge on any atom is 0.217 e. The van der Waals surface area contributed by atoms with Crippen molar-refractivity contribution in [3.8, 4) is 5.75 Å². The number of rotatable bonds is 5. The van der Waals surface area contributed by atoms with Crippen molar-refractivity contribution >= 4 is 15.7 Å². The van der Waals surface area contributed by atoms with E-state index in [0.717, 1.165) is 0 Å². The SMILES string of the molecule is Nc1ccc(OCCS(=O)(=O)N2CCOCC2)cc1. The molecule has 6 nitrogen and oxygen atoms in total. The molecule has 0 atom stereocenters. The third-order valence-electron chi connectivity index (χ3n) is 2.85. The monoisotopic (exact) mass is 286 g/mol. The lowest BCUT2D eigenvalue weighted by Crippen LogP contribution is -2.42. The smallest absolute Gasteiger partial charge is 0.217 e. The van der Waals surface area contributed by atoms with Crippen LogP contribution in [0.3, 0.4) is 0 Å². The Labute approximate surface area is 113 Å². The van der Waals surface area contributed by atoms with E-state index in [1.807, 2.05) is 0 Å². The van der Waals surface area contributed by atoms with Crippen LogP contribution in [0.15, 0.2) is 24.3 Å². The molecule has 2 rings (SSSR count). The molecular weight excluding hydrogens is 268 g/mol. The first-order chi connectivity index (χ1) is 9.08. The van der Waals surface area contributed by atoms with Gasteiger partial charge in [0.1, 0.15) is 12.4 Å². The largest absolute Gasteiger partial charge is 0.492 e. The molecule has 0 unspecified atom stereocenters. The molecule has 0 amide bonds. The van der Waals surface area contributed by atoms with E-state index in [4.69, 9.17) is 15.2 Å². The summed E-state index contributed by atoms with van der Waals surface area (Å²) in [7, 11) is -3.26. The number of hydrogen-bond acceptors (Lipinski definition) is 5. The van der Waals surface area contributed by atoms with Gasteiger partial charge in [-0.25, -0.2) is 8.42 Å². The molecule has 1 saturated heterocycles. The van der Waals surface area contributed by atoms with Crippen LogP contribution in [0.2, 0.25) is 0 Å². The van der Waals surface area contributed by atoms with Crippen LogP contribution in [-0.4, -0.2) is 51.4 Å². The van der Waals surface area contributed by atoms with Gasteiger partial charge in [-0.1, -0.05) is 0 Å². The van der Waals surface area contributed by atoms with Crippen molar-refractivity contribution in [3.05, 3.63) is 24.3 Å². The summed E-state index contributed by atoms with van der Waals surface area (Å²) in [4.78, 5) is 0. The summed E-state index contributed by atoms with van der Waals surface area (Å²) in [5.41, 5.74) is 6.20. The summed E-state index contributed by atoms with van der Waals surface area (Å²) < 4.78 is 36.0. The van der Waals surface area contributed by atoms with Crippen molar-refractivity contribution in [2.24, 2.45) is 0 Å². The number of hydrogen-bond donors (Lipinski definition) is 1. The molecule has 0 aromatic heterocycles. The Bertz CT molecular complexity index is 495. The maximum atomic E-state index is 12.0. The van der Waals surface area contributed by atoms with Crippen molar-refractivity contribution in [2.45, 2.75) is 0 Å². The standard InChI is InChI=1S/C12H18N2O4S/c13-11-1-3-12(4-2-11)18-9-10-19(15,16)14-5-7-17-8-6-14/h1-4H,5-10,13H2. The van der Waals surface area contributed by atoms with E-state index in [9.17, 15) is 8.42 Å². The molecule has 0 saturated carbocycles. The van der Waals surface area contributed by atoms with Crippen LogP contribution in [0.4, 0.5) is 5.69 Å². The summed E-state index contributed by atoms with van der Waals surface area (Å²) in [5, 5.41) is 0. The van der Waals surface area contributed by atoms with Gasteiger partial charge in [0.15, 0.2) is 0 Å². The van der Waals surface area contributed by atoms with Gasteiger partial charge in [0.2, 0.25) is 10.0 Å². The Morgan fingerprint density at radius 2 is 1.84 bits per heavy atom. The van der Waals surface area contributed by atoms with Crippen molar-refractivity contribution in [1.82, 2.24) is 4.31 Å². The maximum absolute atomic E-state index is 12.0. The summed E-state index contributed by atoms with van der Waals surface area (Å²) in [6.45, 7) is 1.88. The fourth-order valence-electron chi connectivity index (χ4n) is 1.78. The Kier molecular flexibility index (Phi) is 4.62. The minimum Gasteiger partial charge on any atom is -0.492 e.